The number of amides is 1. The Hall–Kier alpha value is -2.14. The zero-order chi connectivity index (χ0) is 16.8. The van der Waals surface area contributed by atoms with E-state index >= 15 is 0 Å². The Labute approximate surface area is 149 Å². The Morgan fingerprint density at radius 3 is 2.79 bits per heavy atom. The highest BCUT2D eigenvalue weighted by Crippen LogP contribution is 2.16. The van der Waals surface area contributed by atoms with Crippen LogP contribution in [0.15, 0.2) is 53.0 Å². The fourth-order valence-electron chi connectivity index (χ4n) is 2.67. The van der Waals surface area contributed by atoms with Crippen LogP contribution in [-0.4, -0.2) is 15.9 Å². The number of rotatable bonds is 7. The molecule has 3 aromatic rings. The Bertz CT molecular complexity index is 795. The van der Waals surface area contributed by atoms with Crippen molar-refractivity contribution in [3.63, 3.8) is 0 Å². The molecule has 1 amide bonds. The van der Waals surface area contributed by atoms with Gasteiger partial charge in [0, 0.05) is 23.0 Å². The second-order valence-corrected chi connectivity index (χ2v) is 6.74. The predicted molar refractivity (Wildman–Crippen MR) is 101 cm³/mol. The van der Waals surface area contributed by atoms with Crippen molar-refractivity contribution in [1.82, 2.24) is 9.97 Å². The smallest absolute Gasteiger partial charge is 0.224 e. The molecular formula is C19H20BrN3O. The standard InChI is InChI=1S/C19H20BrN3O/c20-14-7-6-8-15(13-14)21-19(24)12-3-1-2-11-18-22-16-9-4-5-10-17(16)23-18/h4-10,13H,1-3,11-12H2,(H,21,24)(H,22,23). The van der Waals surface area contributed by atoms with Gasteiger partial charge in [-0.15, -0.1) is 0 Å². The minimum atomic E-state index is 0.0665. The lowest BCUT2D eigenvalue weighted by Crippen LogP contribution is -2.10. The maximum atomic E-state index is 11.9. The van der Waals surface area contributed by atoms with E-state index in [-0.39, 0.29) is 5.91 Å². The van der Waals surface area contributed by atoms with Crippen LogP contribution in [0.5, 0.6) is 0 Å². The summed E-state index contributed by atoms with van der Waals surface area (Å²) in [6.07, 6.45) is 4.40. The minimum absolute atomic E-state index is 0.0665. The lowest BCUT2D eigenvalue weighted by molar-refractivity contribution is -0.116. The van der Waals surface area contributed by atoms with Crippen molar-refractivity contribution in [1.29, 1.82) is 0 Å². The molecule has 124 valence electrons. The van der Waals surface area contributed by atoms with Crippen molar-refractivity contribution in [2.75, 3.05) is 5.32 Å². The molecule has 0 aliphatic rings. The van der Waals surface area contributed by atoms with E-state index in [1.807, 2.05) is 48.5 Å². The molecule has 0 radical (unpaired) electrons. The molecule has 0 aliphatic carbocycles. The molecule has 1 aromatic heterocycles. The fourth-order valence-corrected chi connectivity index (χ4v) is 3.07. The van der Waals surface area contributed by atoms with E-state index < -0.39 is 0 Å². The number of imidazole rings is 1. The second kappa shape index (κ2) is 8.11. The van der Waals surface area contributed by atoms with Crippen LogP contribution in [0.4, 0.5) is 5.69 Å². The molecule has 0 spiro atoms. The first-order valence-corrected chi connectivity index (χ1v) is 8.99. The number of halogens is 1. The Morgan fingerprint density at radius 2 is 1.96 bits per heavy atom. The van der Waals surface area contributed by atoms with Crippen LogP contribution in [0.3, 0.4) is 0 Å². The number of nitrogens with one attached hydrogen (secondary N) is 2. The summed E-state index contributed by atoms with van der Waals surface area (Å²) in [5.41, 5.74) is 2.93. The van der Waals surface area contributed by atoms with E-state index in [9.17, 15) is 4.79 Å². The van der Waals surface area contributed by atoms with Crippen LogP contribution in [0, 0.1) is 0 Å². The van der Waals surface area contributed by atoms with E-state index in [0.717, 1.165) is 52.7 Å². The van der Waals surface area contributed by atoms with Gasteiger partial charge < -0.3 is 10.3 Å². The number of para-hydroxylation sites is 2. The number of unbranched alkanes of at least 4 members (excludes halogenated alkanes) is 2. The van der Waals surface area contributed by atoms with Gasteiger partial charge in [-0.2, -0.15) is 0 Å². The first-order valence-electron chi connectivity index (χ1n) is 8.20. The number of aromatic nitrogens is 2. The average molecular weight is 386 g/mol. The molecule has 4 nitrogen and oxygen atoms in total. The van der Waals surface area contributed by atoms with E-state index in [4.69, 9.17) is 0 Å². The molecule has 2 N–H and O–H groups in total. The van der Waals surface area contributed by atoms with Crippen LogP contribution in [0.25, 0.3) is 11.0 Å². The van der Waals surface area contributed by atoms with Crippen molar-refractivity contribution in [2.24, 2.45) is 0 Å². The highest BCUT2D eigenvalue weighted by atomic mass is 79.9. The van der Waals surface area contributed by atoms with E-state index in [1.165, 1.54) is 0 Å². The summed E-state index contributed by atoms with van der Waals surface area (Å²) in [6.45, 7) is 0. The number of carbonyl (C=O) groups is 1. The number of aromatic amines is 1. The number of H-pyrrole nitrogens is 1. The molecule has 0 saturated heterocycles. The van der Waals surface area contributed by atoms with Gasteiger partial charge in [0.15, 0.2) is 0 Å². The lowest BCUT2D eigenvalue weighted by atomic mass is 10.1. The maximum Gasteiger partial charge on any atom is 0.224 e. The number of hydrogen-bond acceptors (Lipinski definition) is 2. The van der Waals surface area contributed by atoms with Gasteiger partial charge in [-0.25, -0.2) is 4.98 Å². The summed E-state index contributed by atoms with van der Waals surface area (Å²) in [6, 6.07) is 15.7. The molecule has 5 heteroatoms. The van der Waals surface area contributed by atoms with Crippen LogP contribution in [-0.2, 0) is 11.2 Å². The Morgan fingerprint density at radius 1 is 1.08 bits per heavy atom. The fraction of sp³-hybridized carbons (Fsp3) is 0.263. The molecule has 2 aromatic carbocycles. The molecule has 1 heterocycles. The molecule has 0 unspecified atom stereocenters. The van der Waals surface area contributed by atoms with Gasteiger partial charge in [0.05, 0.1) is 11.0 Å². The molecule has 3 rings (SSSR count). The van der Waals surface area contributed by atoms with Crippen molar-refractivity contribution in [3.05, 3.63) is 58.8 Å². The number of nitrogens with zero attached hydrogens (tertiary/aromatic N) is 1. The average Bonchev–Trinajstić information content (AvgIpc) is 2.97. The monoisotopic (exact) mass is 385 g/mol. The number of aryl methyl sites for hydroxylation is 1. The van der Waals surface area contributed by atoms with Gasteiger partial charge in [-0.1, -0.05) is 40.5 Å². The third kappa shape index (κ3) is 4.68. The zero-order valence-corrected chi connectivity index (χ0v) is 15.0. The summed E-state index contributed by atoms with van der Waals surface area (Å²) in [5.74, 6) is 1.09. The molecule has 24 heavy (non-hydrogen) atoms. The van der Waals surface area contributed by atoms with Crippen LogP contribution in [0.2, 0.25) is 0 Å². The SMILES string of the molecule is O=C(CCCCCc1nc2ccccc2[nH]1)Nc1cccc(Br)c1. The molecular weight excluding hydrogens is 366 g/mol. The lowest BCUT2D eigenvalue weighted by Gasteiger charge is -2.05. The third-order valence-electron chi connectivity index (χ3n) is 3.86. The second-order valence-electron chi connectivity index (χ2n) is 5.82. The normalized spacial score (nSPS) is 10.9. The van der Waals surface area contributed by atoms with Gasteiger partial charge in [-0.3, -0.25) is 4.79 Å². The van der Waals surface area contributed by atoms with Crippen LogP contribution < -0.4 is 5.32 Å². The van der Waals surface area contributed by atoms with Crippen LogP contribution in [0.1, 0.15) is 31.5 Å². The van der Waals surface area contributed by atoms with Crippen molar-refractivity contribution >= 4 is 38.6 Å². The third-order valence-corrected chi connectivity index (χ3v) is 4.36. The van der Waals surface area contributed by atoms with Crippen molar-refractivity contribution in [3.8, 4) is 0 Å². The van der Waals surface area contributed by atoms with Gasteiger partial charge in [0.25, 0.3) is 0 Å². The van der Waals surface area contributed by atoms with E-state index in [1.54, 1.807) is 0 Å². The number of benzene rings is 2. The topological polar surface area (TPSA) is 57.8 Å². The van der Waals surface area contributed by atoms with Gasteiger partial charge in [0.2, 0.25) is 5.91 Å². The number of fused-ring (bicyclic) bond motifs is 1. The van der Waals surface area contributed by atoms with Gasteiger partial charge >= 0.3 is 0 Å². The quantitative estimate of drug-likeness (QED) is 0.557. The van der Waals surface area contributed by atoms with E-state index in [2.05, 4.69) is 31.2 Å². The first-order chi connectivity index (χ1) is 11.7. The molecule has 0 bridgehead atoms. The van der Waals surface area contributed by atoms with Gasteiger partial charge in [0.1, 0.15) is 5.82 Å². The zero-order valence-electron chi connectivity index (χ0n) is 13.4. The number of hydrogen-bond donors (Lipinski definition) is 2. The predicted octanol–water partition coefficient (Wildman–Crippen LogP) is 5.07. The molecule has 0 atom stereocenters. The molecule has 0 fully saturated rings. The molecule has 0 saturated carbocycles. The van der Waals surface area contributed by atoms with E-state index in [0.29, 0.717) is 6.42 Å². The highest BCUT2D eigenvalue weighted by molar-refractivity contribution is 9.10. The summed E-state index contributed by atoms with van der Waals surface area (Å²) in [7, 11) is 0. The Kier molecular flexibility index (Phi) is 5.64. The Balaban J connectivity index is 1.37. The number of carbonyl (C=O) groups excluding carboxylic acids is 1. The van der Waals surface area contributed by atoms with Crippen molar-refractivity contribution < 1.29 is 4.79 Å². The maximum absolute atomic E-state index is 11.9. The largest absolute Gasteiger partial charge is 0.342 e. The summed E-state index contributed by atoms with van der Waals surface area (Å²) < 4.78 is 0.964. The summed E-state index contributed by atoms with van der Waals surface area (Å²) in [4.78, 5) is 19.8. The summed E-state index contributed by atoms with van der Waals surface area (Å²) >= 11 is 3.40. The van der Waals surface area contributed by atoms with Crippen LogP contribution >= 0.6 is 15.9 Å². The minimum Gasteiger partial charge on any atom is -0.342 e. The highest BCUT2D eigenvalue weighted by Gasteiger charge is 2.04. The summed E-state index contributed by atoms with van der Waals surface area (Å²) in [5, 5.41) is 2.92. The molecule has 0 aliphatic heterocycles. The number of anilines is 1. The van der Waals surface area contributed by atoms with Crippen molar-refractivity contribution in [2.45, 2.75) is 32.1 Å². The van der Waals surface area contributed by atoms with Gasteiger partial charge in [-0.05, 0) is 43.2 Å². The first kappa shape index (κ1) is 16.7.